The monoisotopic (exact) mass is 244 g/mol. The van der Waals surface area contributed by atoms with Crippen LogP contribution in [0.5, 0.6) is 0 Å². The fourth-order valence-corrected chi connectivity index (χ4v) is 1.93. The van der Waals surface area contributed by atoms with Gasteiger partial charge in [0, 0.05) is 6.42 Å². The molecule has 0 radical (unpaired) electrons. The van der Waals surface area contributed by atoms with Crippen LogP contribution in [0.3, 0.4) is 0 Å². The second-order valence-electron chi connectivity index (χ2n) is 3.98. The molecule has 0 aromatic carbocycles. The van der Waals surface area contributed by atoms with E-state index in [2.05, 4.69) is 0 Å². The van der Waals surface area contributed by atoms with Crippen molar-refractivity contribution >= 4 is 0 Å². The van der Waals surface area contributed by atoms with Gasteiger partial charge in [0.25, 0.3) is 5.56 Å². The number of ether oxygens (including phenoxy) is 1. The van der Waals surface area contributed by atoms with Gasteiger partial charge < -0.3 is 9.84 Å². The Balaban J connectivity index is 2.34. The van der Waals surface area contributed by atoms with Crippen molar-refractivity contribution < 1.29 is 14.2 Å². The van der Waals surface area contributed by atoms with Crippen molar-refractivity contribution in [1.29, 1.82) is 0 Å². The number of hydrogen-bond donors (Lipinski definition) is 2. The highest BCUT2D eigenvalue weighted by atomic mass is 19.1. The lowest BCUT2D eigenvalue weighted by atomic mass is 10.1. The van der Waals surface area contributed by atoms with E-state index < -0.39 is 29.4 Å². The van der Waals surface area contributed by atoms with Gasteiger partial charge in [0.2, 0.25) is 5.82 Å². The number of H-pyrrole nitrogens is 1. The summed E-state index contributed by atoms with van der Waals surface area (Å²) in [5.74, 6) is -1.05. The Bertz CT molecular complexity index is 524. The third-order valence-corrected chi connectivity index (χ3v) is 2.84. The fraction of sp³-hybridized carbons (Fsp3) is 0.600. The summed E-state index contributed by atoms with van der Waals surface area (Å²) in [7, 11) is 0. The zero-order valence-electron chi connectivity index (χ0n) is 9.22. The number of aromatic nitrogens is 2. The van der Waals surface area contributed by atoms with Crippen LogP contribution in [0.25, 0.3) is 0 Å². The van der Waals surface area contributed by atoms with Crippen LogP contribution >= 0.6 is 0 Å². The van der Waals surface area contributed by atoms with Crippen LogP contribution < -0.4 is 11.2 Å². The predicted molar refractivity (Wildman–Crippen MR) is 56.1 cm³/mol. The zero-order chi connectivity index (χ0) is 12.6. The van der Waals surface area contributed by atoms with E-state index in [9.17, 15) is 19.1 Å². The summed E-state index contributed by atoms with van der Waals surface area (Å²) in [5, 5.41) is 9.63. The fourth-order valence-electron chi connectivity index (χ4n) is 1.93. The molecule has 1 aromatic rings. The summed E-state index contributed by atoms with van der Waals surface area (Å²) >= 11 is 0. The van der Waals surface area contributed by atoms with Crippen molar-refractivity contribution in [2.24, 2.45) is 0 Å². The molecular formula is C10H13FN2O4. The van der Waals surface area contributed by atoms with Crippen LogP contribution in [0.4, 0.5) is 4.39 Å². The van der Waals surface area contributed by atoms with Gasteiger partial charge in [-0.05, 0) is 6.42 Å². The molecule has 2 heterocycles. The summed E-state index contributed by atoms with van der Waals surface area (Å²) in [6.45, 7) is 1.84. The van der Waals surface area contributed by atoms with Gasteiger partial charge in [0.15, 0.2) is 0 Å². The maximum absolute atomic E-state index is 13.1. The molecule has 1 saturated heterocycles. The molecule has 0 spiro atoms. The van der Waals surface area contributed by atoms with Crippen molar-refractivity contribution in [3.8, 4) is 0 Å². The first kappa shape index (κ1) is 12.0. The number of nitrogens with zero attached hydrogens (tertiary/aromatic N) is 1. The normalized spacial score (nSPS) is 28.5. The van der Waals surface area contributed by atoms with Gasteiger partial charge >= 0.3 is 5.69 Å². The summed E-state index contributed by atoms with van der Waals surface area (Å²) in [4.78, 5) is 24.2. The standard InChI is InChI=1S/C10H13FN2O4/c1-2-7-6(14)3-8(17-7)13-4-5(11)9(15)12-10(13)16/h4,6-8,14H,2-3H2,1H3,(H,12,15,16)/t6-,7-,8-/m1/s1. The van der Waals surface area contributed by atoms with Crippen LogP contribution in [0.2, 0.25) is 0 Å². The van der Waals surface area contributed by atoms with Crippen molar-refractivity contribution in [3.63, 3.8) is 0 Å². The molecular weight excluding hydrogens is 231 g/mol. The molecule has 1 fully saturated rings. The van der Waals surface area contributed by atoms with Crippen LogP contribution in [-0.4, -0.2) is 26.9 Å². The minimum atomic E-state index is -1.06. The first-order chi connectivity index (χ1) is 8.02. The van der Waals surface area contributed by atoms with E-state index in [0.29, 0.717) is 6.42 Å². The highest BCUT2D eigenvalue weighted by Gasteiger charge is 2.34. The third kappa shape index (κ3) is 2.16. The van der Waals surface area contributed by atoms with Gasteiger partial charge in [0.1, 0.15) is 6.23 Å². The molecule has 0 amide bonds. The third-order valence-electron chi connectivity index (χ3n) is 2.84. The lowest BCUT2D eigenvalue weighted by molar-refractivity contribution is -0.0221. The number of nitrogens with one attached hydrogen (secondary N) is 1. The highest BCUT2D eigenvalue weighted by molar-refractivity contribution is 4.90. The van der Waals surface area contributed by atoms with Crippen LogP contribution in [0, 0.1) is 5.82 Å². The molecule has 1 aliphatic heterocycles. The lowest BCUT2D eigenvalue weighted by Gasteiger charge is -2.14. The van der Waals surface area contributed by atoms with Crippen LogP contribution in [-0.2, 0) is 4.74 Å². The lowest BCUT2D eigenvalue weighted by Crippen LogP contribution is -2.33. The molecule has 0 bridgehead atoms. The Morgan fingerprint density at radius 2 is 2.35 bits per heavy atom. The smallest absolute Gasteiger partial charge is 0.330 e. The first-order valence-corrected chi connectivity index (χ1v) is 5.37. The van der Waals surface area contributed by atoms with Crippen molar-refractivity contribution in [2.75, 3.05) is 0 Å². The van der Waals surface area contributed by atoms with Crippen LogP contribution in [0.1, 0.15) is 26.0 Å². The number of rotatable bonds is 2. The van der Waals surface area contributed by atoms with E-state index in [4.69, 9.17) is 4.74 Å². The van der Waals surface area contributed by atoms with Gasteiger partial charge in [-0.25, -0.2) is 4.79 Å². The average molecular weight is 244 g/mol. The Morgan fingerprint density at radius 3 is 2.94 bits per heavy atom. The maximum atomic E-state index is 13.1. The maximum Gasteiger partial charge on any atom is 0.330 e. The molecule has 6 nitrogen and oxygen atoms in total. The average Bonchev–Trinajstić information content (AvgIpc) is 2.65. The molecule has 1 aromatic heterocycles. The summed E-state index contributed by atoms with van der Waals surface area (Å²) in [6.07, 6.45) is -0.207. The molecule has 0 aliphatic carbocycles. The number of halogens is 1. The van der Waals surface area contributed by atoms with Crippen molar-refractivity contribution in [2.45, 2.75) is 38.2 Å². The van der Waals surface area contributed by atoms with E-state index >= 15 is 0 Å². The van der Waals surface area contributed by atoms with E-state index in [1.807, 2.05) is 11.9 Å². The second-order valence-corrected chi connectivity index (χ2v) is 3.98. The molecule has 3 atom stereocenters. The minimum absolute atomic E-state index is 0.198. The molecule has 0 unspecified atom stereocenters. The summed E-state index contributed by atoms with van der Waals surface area (Å²) in [5.41, 5.74) is -1.80. The van der Waals surface area contributed by atoms with Gasteiger partial charge in [-0.15, -0.1) is 0 Å². The number of hydrogen-bond acceptors (Lipinski definition) is 4. The molecule has 7 heteroatoms. The number of aliphatic hydroxyl groups excluding tert-OH is 1. The topological polar surface area (TPSA) is 84.3 Å². The largest absolute Gasteiger partial charge is 0.390 e. The summed E-state index contributed by atoms with van der Waals surface area (Å²) < 4.78 is 19.4. The Kier molecular flexibility index (Phi) is 3.12. The zero-order valence-corrected chi connectivity index (χ0v) is 9.22. The van der Waals surface area contributed by atoms with Gasteiger partial charge in [-0.1, -0.05) is 6.92 Å². The van der Waals surface area contributed by atoms with Gasteiger partial charge in [-0.2, -0.15) is 4.39 Å². The summed E-state index contributed by atoms with van der Waals surface area (Å²) in [6, 6.07) is 0. The number of aromatic amines is 1. The molecule has 17 heavy (non-hydrogen) atoms. The number of aliphatic hydroxyl groups is 1. The Morgan fingerprint density at radius 1 is 1.65 bits per heavy atom. The van der Waals surface area contributed by atoms with Gasteiger partial charge in [0.05, 0.1) is 18.4 Å². The first-order valence-electron chi connectivity index (χ1n) is 5.37. The van der Waals surface area contributed by atoms with Crippen molar-refractivity contribution in [3.05, 3.63) is 32.9 Å². The predicted octanol–water partition coefficient (Wildman–Crippen LogP) is -0.266. The molecule has 0 saturated carbocycles. The molecule has 2 rings (SSSR count). The second kappa shape index (κ2) is 4.42. The van der Waals surface area contributed by atoms with E-state index in [0.717, 1.165) is 10.8 Å². The molecule has 1 aliphatic rings. The highest BCUT2D eigenvalue weighted by Crippen LogP contribution is 2.28. The minimum Gasteiger partial charge on any atom is -0.390 e. The van der Waals surface area contributed by atoms with Crippen molar-refractivity contribution in [1.82, 2.24) is 9.55 Å². The van der Waals surface area contributed by atoms with E-state index in [1.54, 1.807) is 0 Å². The quantitative estimate of drug-likeness (QED) is 0.750. The molecule has 94 valence electrons. The van der Waals surface area contributed by atoms with E-state index in [-0.39, 0.29) is 12.5 Å². The van der Waals surface area contributed by atoms with E-state index in [1.165, 1.54) is 0 Å². The molecule has 2 N–H and O–H groups in total. The Labute approximate surface area is 95.7 Å². The van der Waals surface area contributed by atoms with Crippen LogP contribution in [0.15, 0.2) is 15.8 Å². The Hall–Kier alpha value is -1.47. The SMILES string of the molecule is CC[C@H]1O[C@@H](n2cc(F)c(=O)[nH]c2=O)C[C@H]1O. The van der Waals surface area contributed by atoms with Gasteiger partial charge in [-0.3, -0.25) is 14.3 Å².